The molecule has 0 aromatic rings. The van der Waals surface area contributed by atoms with Crippen molar-refractivity contribution in [1.29, 1.82) is 0 Å². The molecule has 0 spiro atoms. The van der Waals surface area contributed by atoms with Crippen LogP contribution < -0.4 is 5.73 Å². The molecule has 1 amide bonds. The van der Waals surface area contributed by atoms with Gasteiger partial charge in [-0.15, -0.1) is 0 Å². The fourth-order valence-electron chi connectivity index (χ4n) is 1.78. The number of carbonyl (C=O) groups is 1. The largest absolute Gasteiger partial charge is 0.447 e. The van der Waals surface area contributed by atoms with Crippen LogP contribution in [-0.2, 0) is 23.3 Å². The van der Waals surface area contributed by atoms with E-state index in [0.29, 0.717) is 26.4 Å². The van der Waals surface area contributed by atoms with Crippen molar-refractivity contribution in [3.63, 3.8) is 0 Å². The summed E-state index contributed by atoms with van der Waals surface area (Å²) in [4.78, 5) is 10.1. The average molecular weight is 386 g/mol. The second kappa shape index (κ2) is 16.8. The van der Waals surface area contributed by atoms with Crippen LogP contribution >= 0.6 is 7.52 Å². The van der Waals surface area contributed by atoms with Crippen LogP contribution in [0.25, 0.3) is 0 Å². The lowest BCUT2D eigenvalue weighted by molar-refractivity contribution is 0.0195. The van der Waals surface area contributed by atoms with Gasteiger partial charge in [-0.3, -0.25) is 4.57 Å². The van der Waals surface area contributed by atoms with Gasteiger partial charge in [0.05, 0.1) is 39.1 Å². The third kappa shape index (κ3) is 17.9. The minimum Gasteiger partial charge on any atom is -0.447 e. The van der Waals surface area contributed by atoms with Gasteiger partial charge in [0.2, 0.25) is 0 Å². The summed E-state index contributed by atoms with van der Waals surface area (Å²) < 4.78 is 33.4. The van der Waals surface area contributed by atoms with Crippen molar-refractivity contribution in [3.8, 4) is 0 Å². The molecular weight excluding hydrogens is 351 g/mol. The summed E-state index contributed by atoms with van der Waals surface area (Å²) in [5.74, 6) is 0. The fraction of sp³-hybridized carbons (Fsp3) is 0.933. The number of ether oxygens (including phenoxy) is 3. The van der Waals surface area contributed by atoms with Gasteiger partial charge >= 0.3 is 6.09 Å². The van der Waals surface area contributed by atoms with Crippen LogP contribution in [0.4, 0.5) is 4.79 Å². The molecule has 0 radical (unpaired) electrons. The average Bonchev–Trinajstić information content (AvgIpc) is 2.50. The van der Waals surface area contributed by atoms with Gasteiger partial charge in [-0.1, -0.05) is 13.8 Å². The summed E-state index contributed by atoms with van der Waals surface area (Å²) in [6.07, 6.45) is -0.776. The molecule has 3 N–H and O–H groups in total. The molecule has 0 fully saturated rings. The zero-order chi connectivity index (χ0) is 19.7. The first kappa shape index (κ1) is 26.5. The van der Waals surface area contributed by atoms with Gasteiger partial charge in [0.15, 0.2) is 0 Å². The molecule has 0 aromatic carbocycles. The molecule has 0 aromatic heterocycles. The monoisotopic (exact) mass is 386 g/mol. The molecular formula is C15H35N2O7P. The Kier molecular flexibility index (Phi) is 17.8. The molecule has 1 unspecified atom stereocenters. The Hall–Kier alpha value is -0.700. The Morgan fingerprint density at radius 3 is 1.96 bits per heavy atom. The highest BCUT2D eigenvalue weighted by molar-refractivity contribution is 7.55. The molecule has 0 aliphatic rings. The summed E-state index contributed by atoms with van der Waals surface area (Å²) in [7, 11) is -2.53. The lowest BCUT2D eigenvalue weighted by Gasteiger charge is -2.27. The van der Waals surface area contributed by atoms with Gasteiger partial charge in [-0.2, -0.15) is 0 Å². The number of amides is 1. The van der Waals surface area contributed by atoms with Crippen molar-refractivity contribution in [2.24, 2.45) is 5.73 Å². The van der Waals surface area contributed by atoms with E-state index in [4.69, 9.17) is 24.8 Å². The Morgan fingerprint density at radius 2 is 1.56 bits per heavy atom. The Morgan fingerprint density at radius 1 is 1.08 bits per heavy atom. The number of aliphatic hydroxyl groups excluding tert-OH is 1. The topological polar surface area (TPSA) is 121 Å². The van der Waals surface area contributed by atoms with Crippen LogP contribution in [-0.4, -0.2) is 81.4 Å². The SMILES string of the molecule is CCN(CC)P(C)(=O)OC(C)C.NC(=O)OCCOCCOCCO. The molecule has 152 valence electrons. The fourth-order valence-corrected chi connectivity index (χ4v) is 3.73. The van der Waals surface area contributed by atoms with E-state index >= 15 is 0 Å². The van der Waals surface area contributed by atoms with Gasteiger partial charge in [0.1, 0.15) is 6.61 Å². The molecule has 1 atom stereocenters. The number of hydrogen-bond donors (Lipinski definition) is 2. The van der Waals surface area contributed by atoms with Crippen LogP contribution in [0.15, 0.2) is 0 Å². The molecule has 0 aliphatic heterocycles. The van der Waals surface area contributed by atoms with Crippen molar-refractivity contribution < 1.29 is 33.2 Å². The summed E-state index contributed by atoms with van der Waals surface area (Å²) in [5, 5.41) is 8.33. The maximum absolute atomic E-state index is 11.9. The van der Waals surface area contributed by atoms with E-state index in [1.807, 2.05) is 32.4 Å². The quantitative estimate of drug-likeness (QED) is 0.362. The van der Waals surface area contributed by atoms with Crippen molar-refractivity contribution in [2.75, 3.05) is 59.4 Å². The molecule has 10 heteroatoms. The number of hydrogen-bond acceptors (Lipinski definition) is 7. The van der Waals surface area contributed by atoms with Crippen molar-refractivity contribution in [3.05, 3.63) is 0 Å². The normalized spacial score (nSPS) is 13.3. The van der Waals surface area contributed by atoms with E-state index in [0.717, 1.165) is 13.1 Å². The maximum Gasteiger partial charge on any atom is 0.404 e. The van der Waals surface area contributed by atoms with E-state index < -0.39 is 13.6 Å². The number of rotatable bonds is 13. The zero-order valence-electron chi connectivity index (χ0n) is 16.1. The van der Waals surface area contributed by atoms with Crippen molar-refractivity contribution in [1.82, 2.24) is 4.67 Å². The summed E-state index contributed by atoms with van der Waals surface area (Å²) in [6, 6.07) is 0. The highest BCUT2D eigenvalue weighted by Crippen LogP contribution is 2.47. The lowest BCUT2D eigenvalue weighted by atomic mass is 10.5. The third-order valence-corrected chi connectivity index (χ3v) is 5.14. The molecule has 0 saturated heterocycles. The standard InChI is InChI=1S/C8H20NO2P.C7H15NO5/c1-6-9(7-2)12(5,10)11-8(3)4;8-7(10)13-6-5-12-4-3-11-2-1-9/h8H,6-7H2,1-5H3;9H,1-6H2,(H2,8,10). The minimum atomic E-state index is -2.53. The van der Waals surface area contributed by atoms with E-state index in [2.05, 4.69) is 4.74 Å². The highest BCUT2D eigenvalue weighted by Gasteiger charge is 2.24. The van der Waals surface area contributed by atoms with Gasteiger partial charge in [0, 0.05) is 19.8 Å². The number of primary amides is 1. The third-order valence-electron chi connectivity index (χ3n) is 2.73. The molecule has 0 heterocycles. The minimum absolute atomic E-state index is 0.00475. The number of nitrogens with two attached hydrogens (primary N) is 1. The summed E-state index contributed by atoms with van der Waals surface area (Å²) >= 11 is 0. The summed E-state index contributed by atoms with van der Waals surface area (Å²) in [6.45, 7) is 12.6. The number of nitrogens with zero attached hydrogens (tertiary/aromatic N) is 1. The Balaban J connectivity index is 0. The molecule has 0 aliphatic carbocycles. The maximum atomic E-state index is 11.9. The van der Waals surface area contributed by atoms with Gasteiger partial charge in [0.25, 0.3) is 7.52 Å². The first-order valence-electron chi connectivity index (χ1n) is 8.41. The predicted octanol–water partition coefficient (Wildman–Crippen LogP) is 1.68. The van der Waals surface area contributed by atoms with Crippen molar-refractivity contribution >= 4 is 13.6 Å². The zero-order valence-corrected chi connectivity index (χ0v) is 17.0. The number of carbonyl (C=O) groups excluding carboxylic acids is 1. The highest BCUT2D eigenvalue weighted by atomic mass is 31.2. The second-order valence-corrected chi connectivity index (χ2v) is 7.59. The first-order valence-corrected chi connectivity index (χ1v) is 10.4. The van der Waals surface area contributed by atoms with E-state index in [1.54, 1.807) is 6.66 Å². The van der Waals surface area contributed by atoms with E-state index in [9.17, 15) is 9.36 Å². The van der Waals surface area contributed by atoms with Crippen LogP contribution in [0.5, 0.6) is 0 Å². The van der Waals surface area contributed by atoms with Gasteiger partial charge < -0.3 is 29.6 Å². The Labute approximate surface area is 151 Å². The lowest BCUT2D eigenvalue weighted by Crippen LogP contribution is -2.21. The van der Waals surface area contributed by atoms with Gasteiger partial charge in [-0.05, 0) is 13.8 Å². The molecule has 9 nitrogen and oxygen atoms in total. The van der Waals surface area contributed by atoms with Crippen LogP contribution in [0.2, 0.25) is 0 Å². The van der Waals surface area contributed by atoms with E-state index in [-0.39, 0.29) is 19.3 Å². The van der Waals surface area contributed by atoms with Crippen LogP contribution in [0, 0.1) is 0 Å². The summed E-state index contributed by atoms with van der Waals surface area (Å²) in [5.41, 5.74) is 4.70. The predicted molar refractivity (Wildman–Crippen MR) is 96.9 cm³/mol. The molecule has 25 heavy (non-hydrogen) atoms. The second-order valence-electron chi connectivity index (χ2n) is 5.21. The molecule has 0 bridgehead atoms. The Bertz CT molecular complexity index is 366. The van der Waals surface area contributed by atoms with Crippen molar-refractivity contribution in [2.45, 2.75) is 33.8 Å². The van der Waals surface area contributed by atoms with Crippen LogP contribution in [0.1, 0.15) is 27.7 Å². The van der Waals surface area contributed by atoms with Crippen LogP contribution in [0.3, 0.4) is 0 Å². The van der Waals surface area contributed by atoms with E-state index in [1.165, 1.54) is 0 Å². The smallest absolute Gasteiger partial charge is 0.404 e. The first-order chi connectivity index (χ1) is 11.7. The molecule has 0 rings (SSSR count). The number of aliphatic hydroxyl groups is 1. The van der Waals surface area contributed by atoms with Gasteiger partial charge in [-0.25, -0.2) is 9.46 Å². The molecule has 0 saturated carbocycles.